The van der Waals surface area contributed by atoms with E-state index < -0.39 is 76.0 Å². The van der Waals surface area contributed by atoms with Crippen molar-refractivity contribution in [3.8, 4) is 0 Å². The molecule has 5 N–H and O–H groups in total. The van der Waals surface area contributed by atoms with Crippen molar-refractivity contribution in [3.63, 3.8) is 0 Å². The summed E-state index contributed by atoms with van der Waals surface area (Å²) in [5.74, 6) is -9.04. The third kappa shape index (κ3) is 19.9. The Bertz CT molecular complexity index is 862. The summed E-state index contributed by atoms with van der Waals surface area (Å²) in [6.07, 6.45) is 5.68. The Morgan fingerprint density at radius 1 is 0.667 bits per heavy atom. The van der Waals surface area contributed by atoms with E-state index in [-0.39, 0.29) is 65.5 Å². The Morgan fingerprint density at radius 3 is 1.28 bits per heavy atom. The van der Waals surface area contributed by atoms with Gasteiger partial charge in [0, 0.05) is 24.8 Å². The van der Waals surface area contributed by atoms with Crippen LogP contribution in [0.25, 0.3) is 0 Å². The van der Waals surface area contributed by atoms with E-state index in [1.165, 1.54) is 25.7 Å². The Morgan fingerprint density at radius 2 is 1.03 bits per heavy atom. The Labute approximate surface area is 271 Å². The Balaban J connectivity index is -0.000000349. The van der Waals surface area contributed by atoms with Gasteiger partial charge in [0.2, 0.25) is 4.75 Å². The van der Waals surface area contributed by atoms with Crippen molar-refractivity contribution in [1.82, 2.24) is 0 Å². The van der Waals surface area contributed by atoms with Gasteiger partial charge in [0.15, 0.2) is 5.60 Å². The first-order valence-corrected chi connectivity index (χ1v) is 13.2. The molecule has 0 aromatic carbocycles. The van der Waals surface area contributed by atoms with Gasteiger partial charge < -0.3 is 40.2 Å². The molecule has 0 amide bonds. The van der Waals surface area contributed by atoms with Gasteiger partial charge >= 0.3 is 77.0 Å². The van der Waals surface area contributed by atoms with Crippen LogP contribution in [-0.2, 0) is 34.1 Å². The first kappa shape index (κ1) is 45.2. The van der Waals surface area contributed by atoms with Crippen LogP contribution in [0.1, 0.15) is 96.8 Å². The van der Waals surface area contributed by atoms with Crippen molar-refractivity contribution in [3.05, 3.63) is 0 Å². The summed E-state index contributed by atoms with van der Waals surface area (Å²) in [6, 6.07) is 0. The average Bonchev–Trinajstić information content (AvgIpc) is 2.72. The fourth-order valence-electron chi connectivity index (χ4n) is 3.44. The topological polar surface area (TPSA) is 267 Å². The summed E-state index contributed by atoms with van der Waals surface area (Å²) in [4.78, 5) is 52.3. The van der Waals surface area contributed by atoms with Gasteiger partial charge in [-0.2, -0.15) is 8.42 Å². The number of aliphatic carboxylic acids is 5. The zero-order valence-corrected chi connectivity index (χ0v) is 27.5. The van der Waals surface area contributed by atoms with Gasteiger partial charge in [0.05, 0.1) is 6.42 Å². The number of aliphatic hydroxyl groups is 1. The molecule has 216 valence electrons. The van der Waals surface area contributed by atoms with E-state index in [4.69, 9.17) is 20.4 Å². The number of rotatable bonds is 20. The molecule has 0 rings (SSSR count). The van der Waals surface area contributed by atoms with Crippen LogP contribution in [-0.4, -0.2) is 73.6 Å². The quantitative estimate of drug-likeness (QED) is 0.0493. The molecule has 1 atom stereocenters. The Kier molecular flexibility index (Phi) is 26.5. The van der Waals surface area contributed by atoms with Gasteiger partial charge in [-0.25, -0.2) is 4.79 Å². The third-order valence-corrected chi connectivity index (χ3v) is 7.04. The molecule has 0 bridgehead atoms. The standard InChI is InChI=1S/C16H30O7S.C6H8O7.2Na/c1-2-3-4-5-6-7-8-9-10-11-12-16(15(19)20,13-14(17)18)24(21,22)23;7-3(8)1-6(13,5(11)12)2-4(9)10;;/h2-13H2,1H3,(H,17,18)(H,19,20)(H,21,22,23);13H,1-2H2,(H,7,8)(H,9,10)(H,11,12);;/q;;2*+1/p-2. The molecule has 0 saturated heterocycles. The summed E-state index contributed by atoms with van der Waals surface area (Å²) < 4.78 is 29.4. The van der Waals surface area contributed by atoms with E-state index in [2.05, 4.69) is 6.92 Å². The first-order valence-electron chi connectivity index (χ1n) is 11.7. The molecule has 17 heteroatoms. The molecule has 0 aliphatic rings. The van der Waals surface area contributed by atoms with Crippen LogP contribution in [0.2, 0.25) is 0 Å². The van der Waals surface area contributed by atoms with Crippen molar-refractivity contribution in [2.45, 2.75) is 107 Å². The fourth-order valence-corrected chi connectivity index (χ4v) is 4.36. The van der Waals surface area contributed by atoms with Crippen molar-refractivity contribution in [2.75, 3.05) is 0 Å². The van der Waals surface area contributed by atoms with Gasteiger partial charge in [-0.05, 0) is 6.42 Å². The number of hydrogen-bond acceptors (Lipinski definition) is 10. The van der Waals surface area contributed by atoms with E-state index in [0.29, 0.717) is 6.42 Å². The average molecular weight is 603 g/mol. The summed E-state index contributed by atoms with van der Waals surface area (Å²) in [5, 5.41) is 55.1. The number of unbranched alkanes of at least 4 members (excludes halogenated alkanes) is 9. The monoisotopic (exact) mass is 602 g/mol. The maximum Gasteiger partial charge on any atom is 1.00 e. The molecule has 0 heterocycles. The van der Waals surface area contributed by atoms with Crippen LogP contribution < -0.4 is 69.3 Å². The summed E-state index contributed by atoms with van der Waals surface area (Å²) >= 11 is 0. The summed E-state index contributed by atoms with van der Waals surface area (Å²) in [5.41, 5.74) is -2.86. The van der Waals surface area contributed by atoms with Crippen molar-refractivity contribution < 1.29 is 127 Å². The molecular weight excluding hydrogens is 566 g/mol. The summed E-state index contributed by atoms with van der Waals surface area (Å²) in [7, 11) is -5.01. The maximum atomic E-state index is 11.4. The Hall–Kier alpha value is -0.780. The van der Waals surface area contributed by atoms with Gasteiger partial charge in [0.25, 0.3) is 10.1 Å². The predicted molar refractivity (Wildman–Crippen MR) is 122 cm³/mol. The minimum absolute atomic E-state index is 0. The van der Waals surface area contributed by atoms with Crippen LogP contribution >= 0.6 is 0 Å². The fraction of sp³-hybridized carbons (Fsp3) is 0.773. The molecular formula is C22H36Na2O14S. The smallest absolute Gasteiger partial charge is 0.550 e. The van der Waals surface area contributed by atoms with Crippen LogP contribution in [0.4, 0.5) is 0 Å². The SMILES string of the molecule is CCCCCCCCCCCCC(CC(=O)O)(C(=O)O)S(=O)(=O)O.O=C([O-])CC(O)(CC(=O)[O-])C(=O)O.[Na+].[Na+]. The van der Waals surface area contributed by atoms with Gasteiger partial charge in [-0.3, -0.25) is 14.1 Å². The molecule has 0 aliphatic carbocycles. The number of hydrogen-bond donors (Lipinski definition) is 5. The number of carboxylic acid groups (broad SMARTS) is 5. The second kappa shape index (κ2) is 22.9. The van der Waals surface area contributed by atoms with Gasteiger partial charge in [-0.15, -0.1) is 0 Å². The van der Waals surface area contributed by atoms with E-state index in [9.17, 15) is 47.2 Å². The van der Waals surface area contributed by atoms with E-state index in [1.807, 2.05) is 0 Å². The normalized spacial score (nSPS) is 12.4. The van der Waals surface area contributed by atoms with Crippen molar-refractivity contribution >= 4 is 40.0 Å². The van der Waals surface area contributed by atoms with Crippen LogP contribution in [0.3, 0.4) is 0 Å². The van der Waals surface area contributed by atoms with Gasteiger partial charge in [-0.1, -0.05) is 71.1 Å². The second-order valence-corrected chi connectivity index (χ2v) is 10.4. The van der Waals surface area contributed by atoms with Crippen LogP contribution in [0.15, 0.2) is 0 Å². The zero-order chi connectivity index (χ0) is 29.3. The zero-order valence-electron chi connectivity index (χ0n) is 22.7. The molecule has 1 unspecified atom stereocenters. The molecule has 0 radical (unpaired) electrons. The van der Waals surface area contributed by atoms with E-state index in [0.717, 1.165) is 25.7 Å². The molecule has 0 spiro atoms. The number of carboxylic acids is 5. The number of carbonyl (C=O) groups excluding carboxylic acids is 2. The molecule has 0 aromatic rings. The molecule has 0 aromatic heterocycles. The van der Waals surface area contributed by atoms with Crippen LogP contribution in [0, 0.1) is 0 Å². The molecule has 14 nitrogen and oxygen atoms in total. The maximum absolute atomic E-state index is 11.4. The minimum atomic E-state index is -5.01. The predicted octanol–water partition coefficient (Wildman–Crippen LogP) is -6.43. The van der Waals surface area contributed by atoms with E-state index >= 15 is 0 Å². The van der Waals surface area contributed by atoms with E-state index in [1.54, 1.807) is 0 Å². The summed E-state index contributed by atoms with van der Waals surface area (Å²) in [6.45, 7) is 2.16. The van der Waals surface area contributed by atoms with Crippen molar-refractivity contribution in [2.24, 2.45) is 0 Å². The number of carbonyl (C=O) groups is 5. The second-order valence-electron chi connectivity index (χ2n) is 8.71. The molecule has 0 fully saturated rings. The largest absolute Gasteiger partial charge is 1.00 e. The van der Waals surface area contributed by atoms with Crippen molar-refractivity contribution in [1.29, 1.82) is 0 Å². The first-order chi connectivity index (χ1) is 16.9. The molecule has 39 heavy (non-hydrogen) atoms. The molecule has 0 saturated carbocycles. The van der Waals surface area contributed by atoms with Gasteiger partial charge in [0.1, 0.15) is 0 Å². The minimum Gasteiger partial charge on any atom is -0.550 e. The molecule has 0 aliphatic heterocycles. The van der Waals surface area contributed by atoms with Crippen LogP contribution in [0.5, 0.6) is 0 Å². The third-order valence-electron chi connectivity index (χ3n) is 5.53.